The van der Waals surface area contributed by atoms with E-state index in [1.807, 2.05) is 0 Å². The molecule has 0 bridgehead atoms. The summed E-state index contributed by atoms with van der Waals surface area (Å²) < 4.78 is 0. The Labute approximate surface area is 149 Å². The molecule has 0 heterocycles. The summed E-state index contributed by atoms with van der Waals surface area (Å²) in [7, 11) is 0. The lowest BCUT2D eigenvalue weighted by molar-refractivity contribution is -0.133. The Bertz CT molecular complexity index is 316. The molecule has 8 nitrogen and oxygen atoms in total. The molecule has 0 atom stereocenters. The molecule has 0 unspecified atom stereocenters. The largest absolute Gasteiger partial charge is 0.478 e. The Morgan fingerprint density at radius 1 is 0.640 bits per heavy atom. The summed E-state index contributed by atoms with van der Waals surface area (Å²) in [6, 6.07) is 0. The van der Waals surface area contributed by atoms with Gasteiger partial charge in [-0.05, 0) is 20.8 Å². The zero-order valence-electron chi connectivity index (χ0n) is 15.7. The van der Waals surface area contributed by atoms with Crippen molar-refractivity contribution >= 4 is 17.9 Å². The minimum atomic E-state index is -0.935. The lowest BCUT2D eigenvalue weighted by Gasteiger charge is -1.79. The van der Waals surface area contributed by atoms with Gasteiger partial charge < -0.3 is 25.5 Å². The normalized spacial score (nSPS) is 7.32. The van der Waals surface area contributed by atoms with Gasteiger partial charge in [0.05, 0.1) is 13.2 Å². The molecule has 0 fully saturated rings. The number of hydrogen-bond donors (Lipinski definition) is 5. The first-order chi connectivity index (χ1) is 11.3. The standard InChI is InChI=1S/3C4H6O2.C3H8.C2H6O2/c3*1-3(2)4(5)6;1-3-2;3-1-2-4/h3*1H2,2H3,(H,5,6);3H2,1-2H3;3-4H,1-2H2. The first kappa shape index (κ1) is 34.0. The van der Waals surface area contributed by atoms with E-state index in [9.17, 15) is 14.4 Å². The van der Waals surface area contributed by atoms with E-state index in [2.05, 4.69) is 33.6 Å². The predicted molar refractivity (Wildman–Crippen MR) is 97.5 cm³/mol. The molecular weight excluding hydrogens is 332 g/mol. The van der Waals surface area contributed by atoms with E-state index >= 15 is 0 Å². The minimum absolute atomic E-state index is 0.125. The van der Waals surface area contributed by atoms with Gasteiger partial charge in [0.2, 0.25) is 0 Å². The zero-order valence-corrected chi connectivity index (χ0v) is 15.7. The molecule has 25 heavy (non-hydrogen) atoms. The summed E-state index contributed by atoms with van der Waals surface area (Å²) in [5.41, 5.74) is 0.528. The van der Waals surface area contributed by atoms with Gasteiger partial charge in [0.15, 0.2) is 0 Å². The molecule has 148 valence electrons. The maximum atomic E-state index is 9.60. The van der Waals surface area contributed by atoms with Crippen LogP contribution in [0.2, 0.25) is 0 Å². The van der Waals surface area contributed by atoms with Gasteiger partial charge in [0.25, 0.3) is 0 Å². The molecule has 8 heteroatoms. The summed E-state index contributed by atoms with van der Waals surface area (Å²) in [4.78, 5) is 28.8. The first-order valence-electron chi connectivity index (χ1n) is 7.14. The fraction of sp³-hybridized carbons (Fsp3) is 0.471. The van der Waals surface area contributed by atoms with Gasteiger partial charge in [0.1, 0.15) is 0 Å². The van der Waals surface area contributed by atoms with Crippen LogP contribution in [0.1, 0.15) is 41.0 Å². The summed E-state index contributed by atoms with van der Waals surface area (Å²) >= 11 is 0. The van der Waals surface area contributed by atoms with Crippen molar-refractivity contribution in [3.8, 4) is 0 Å². The van der Waals surface area contributed by atoms with Crippen molar-refractivity contribution in [2.75, 3.05) is 13.2 Å². The molecule has 0 amide bonds. The van der Waals surface area contributed by atoms with E-state index in [0.29, 0.717) is 0 Å². The van der Waals surface area contributed by atoms with Crippen molar-refractivity contribution in [1.29, 1.82) is 0 Å². The van der Waals surface area contributed by atoms with Gasteiger partial charge in [-0.25, -0.2) is 14.4 Å². The molecule has 0 aliphatic rings. The van der Waals surface area contributed by atoms with Crippen LogP contribution in [-0.4, -0.2) is 56.7 Å². The van der Waals surface area contributed by atoms with Gasteiger partial charge in [-0.1, -0.05) is 40.0 Å². The third-order valence-electron chi connectivity index (χ3n) is 1.20. The van der Waals surface area contributed by atoms with E-state index in [1.165, 1.54) is 27.2 Å². The van der Waals surface area contributed by atoms with E-state index in [4.69, 9.17) is 25.5 Å². The number of aliphatic hydroxyl groups is 2. The first-order valence-corrected chi connectivity index (χ1v) is 7.14. The maximum Gasteiger partial charge on any atom is 0.330 e. The fourth-order valence-corrected chi connectivity index (χ4v) is 0. The van der Waals surface area contributed by atoms with Gasteiger partial charge in [-0.15, -0.1) is 0 Å². The highest BCUT2D eigenvalue weighted by atomic mass is 16.4. The van der Waals surface area contributed by atoms with Crippen molar-refractivity contribution in [1.82, 2.24) is 0 Å². The Morgan fingerprint density at radius 2 is 0.720 bits per heavy atom. The summed E-state index contributed by atoms with van der Waals surface area (Å²) in [5.74, 6) is -2.81. The Balaban J connectivity index is -0.0000000682. The number of carboxylic acid groups (broad SMARTS) is 3. The highest BCUT2D eigenvalue weighted by Gasteiger charge is 1.91. The van der Waals surface area contributed by atoms with Crippen LogP contribution in [0.3, 0.4) is 0 Å². The third-order valence-corrected chi connectivity index (χ3v) is 1.20. The van der Waals surface area contributed by atoms with Crippen LogP contribution in [0.4, 0.5) is 0 Å². The van der Waals surface area contributed by atoms with E-state index in [0.717, 1.165) is 0 Å². The van der Waals surface area contributed by atoms with Crippen LogP contribution in [0.25, 0.3) is 0 Å². The predicted octanol–water partition coefficient (Wildman–Crippen LogP) is 2.33. The average Bonchev–Trinajstić information content (AvgIpc) is 2.49. The number of carbonyl (C=O) groups is 3. The van der Waals surface area contributed by atoms with Crippen molar-refractivity contribution < 1.29 is 39.9 Å². The minimum Gasteiger partial charge on any atom is -0.478 e. The molecule has 0 saturated carbocycles. The monoisotopic (exact) mass is 364 g/mol. The molecule has 0 aliphatic heterocycles. The molecule has 0 aromatic heterocycles. The maximum absolute atomic E-state index is 9.60. The van der Waals surface area contributed by atoms with Crippen LogP contribution < -0.4 is 0 Å². The second kappa shape index (κ2) is 26.4. The Morgan fingerprint density at radius 3 is 0.720 bits per heavy atom. The van der Waals surface area contributed by atoms with Crippen molar-refractivity contribution in [2.24, 2.45) is 0 Å². The van der Waals surface area contributed by atoms with E-state index in [1.54, 1.807) is 0 Å². The summed E-state index contributed by atoms with van der Waals surface area (Å²) in [6.07, 6.45) is 1.25. The molecule has 0 spiro atoms. The quantitative estimate of drug-likeness (QED) is 0.476. The molecule has 0 aliphatic carbocycles. The van der Waals surface area contributed by atoms with Crippen LogP contribution in [-0.2, 0) is 14.4 Å². The third kappa shape index (κ3) is 74.0. The fourth-order valence-electron chi connectivity index (χ4n) is 0. The van der Waals surface area contributed by atoms with Crippen LogP contribution >= 0.6 is 0 Å². The lowest BCUT2D eigenvalue weighted by Crippen LogP contribution is -1.92. The number of carboxylic acids is 3. The number of aliphatic carboxylic acids is 3. The topological polar surface area (TPSA) is 152 Å². The zero-order chi connectivity index (χ0) is 21.6. The van der Waals surface area contributed by atoms with Crippen molar-refractivity contribution in [3.05, 3.63) is 36.5 Å². The van der Waals surface area contributed by atoms with E-state index < -0.39 is 17.9 Å². The summed E-state index contributed by atoms with van der Waals surface area (Å²) in [5, 5.41) is 38.9. The lowest BCUT2D eigenvalue weighted by atomic mass is 10.4. The average molecular weight is 364 g/mol. The van der Waals surface area contributed by atoms with Crippen molar-refractivity contribution in [2.45, 2.75) is 41.0 Å². The highest BCUT2D eigenvalue weighted by Crippen LogP contribution is 1.82. The Hall–Kier alpha value is -2.45. The van der Waals surface area contributed by atoms with Crippen LogP contribution in [0.5, 0.6) is 0 Å². The van der Waals surface area contributed by atoms with Crippen LogP contribution in [0, 0.1) is 0 Å². The molecule has 0 rings (SSSR count). The SMILES string of the molecule is C=C(C)C(=O)O.C=C(C)C(=O)O.C=C(C)C(=O)O.CCC.OCCO. The van der Waals surface area contributed by atoms with Gasteiger partial charge in [0, 0.05) is 16.7 Å². The molecule has 5 N–H and O–H groups in total. The Kier molecular flexibility index (Phi) is 36.0. The smallest absolute Gasteiger partial charge is 0.330 e. The molecule has 0 saturated heterocycles. The van der Waals surface area contributed by atoms with Crippen molar-refractivity contribution in [3.63, 3.8) is 0 Å². The second-order valence-corrected chi connectivity index (χ2v) is 4.41. The summed E-state index contributed by atoms with van der Waals surface area (Å²) in [6.45, 7) is 17.8. The molecule has 0 radical (unpaired) electrons. The van der Waals surface area contributed by atoms with E-state index in [-0.39, 0.29) is 29.9 Å². The highest BCUT2D eigenvalue weighted by molar-refractivity contribution is 5.85. The number of aliphatic hydroxyl groups excluding tert-OH is 2. The van der Waals surface area contributed by atoms with Crippen LogP contribution in [0.15, 0.2) is 36.5 Å². The van der Waals surface area contributed by atoms with Gasteiger partial charge >= 0.3 is 17.9 Å². The molecular formula is C17H32O8. The van der Waals surface area contributed by atoms with Gasteiger partial charge in [-0.3, -0.25) is 0 Å². The molecule has 0 aromatic carbocycles. The number of rotatable bonds is 4. The second-order valence-electron chi connectivity index (χ2n) is 4.41. The van der Waals surface area contributed by atoms with Gasteiger partial charge in [-0.2, -0.15) is 0 Å². The number of hydrogen-bond acceptors (Lipinski definition) is 5. The molecule has 0 aromatic rings.